The number of benzene rings is 1. The van der Waals surface area contributed by atoms with Crippen molar-refractivity contribution in [2.75, 3.05) is 14.1 Å². The topological polar surface area (TPSA) is 59.3 Å². The van der Waals surface area contributed by atoms with E-state index >= 15 is 0 Å². The van der Waals surface area contributed by atoms with Crippen LogP contribution < -0.4 is 11.0 Å². The van der Waals surface area contributed by atoms with Gasteiger partial charge in [0.15, 0.2) is 11.1 Å². The van der Waals surface area contributed by atoms with Gasteiger partial charge in [0.05, 0.1) is 20.4 Å². The normalized spacial score (nSPS) is 14.4. The predicted molar refractivity (Wildman–Crippen MR) is 140 cm³/mol. The van der Waals surface area contributed by atoms with Crippen molar-refractivity contribution in [3.8, 4) is 0 Å². The van der Waals surface area contributed by atoms with Crippen molar-refractivity contribution in [1.29, 1.82) is 0 Å². The molecule has 0 atom stereocenters. The summed E-state index contributed by atoms with van der Waals surface area (Å²) in [5.41, 5.74) is 6.13. The number of fused-ring (bicyclic) bond motifs is 8. The van der Waals surface area contributed by atoms with Crippen molar-refractivity contribution in [3.63, 3.8) is 0 Å². The highest BCUT2D eigenvalue weighted by atomic mass is 32.1. The first-order valence-corrected chi connectivity index (χ1v) is 13.1. The van der Waals surface area contributed by atoms with Crippen LogP contribution >= 0.6 is 34.0 Å². The van der Waals surface area contributed by atoms with Gasteiger partial charge in [-0.05, 0) is 38.1 Å². The first-order valence-electron chi connectivity index (χ1n) is 10.6. The van der Waals surface area contributed by atoms with Crippen LogP contribution in [0.15, 0.2) is 34.3 Å². The van der Waals surface area contributed by atoms with Crippen LogP contribution in [0.3, 0.4) is 0 Å². The Balaban J connectivity index is 1.75. The zero-order valence-electron chi connectivity index (χ0n) is 18.2. The third-order valence-corrected chi connectivity index (χ3v) is 9.60. The Morgan fingerprint density at radius 2 is 1.27 bits per heavy atom. The third kappa shape index (κ3) is 2.01. The highest BCUT2D eigenvalue weighted by Crippen LogP contribution is 2.42. The largest absolute Gasteiger partial charge is 0.274 e. The lowest BCUT2D eigenvalue weighted by Gasteiger charge is -2.07. The molecule has 8 aromatic rings. The molecule has 0 aliphatic rings. The third-order valence-electron chi connectivity index (χ3n) is 6.55. The van der Waals surface area contributed by atoms with E-state index < -0.39 is 0 Å². The lowest BCUT2D eigenvalue weighted by molar-refractivity contribution is 1.09. The van der Waals surface area contributed by atoms with Crippen molar-refractivity contribution in [3.05, 3.63) is 45.0 Å². The molecule has 0 radical (unpaired) electrons. The van der Waals surface area contributed by atoms with Crippen molar-refractivity contribution in [1.82, 2.24) is 18.8 Å². The molecule has 6 nitrogen and oxygen atoms in total. The van der Waals surface area contributed by atoms with Gasteiger partial charge in [-0.25, -0.2) is 9.97 Å². The first-order chi connectivity index (χ1) is 16.1. The van der Waals surface area contributed by atoms with Crippen LogP contribution in [0, 0.1) is 13.8 Å². The zero-order valence-corrected chi connectivity index (χ0v) is 20.7. The van der Waals surface area contributed by atoms with Gasteiger partial charge in [0.2, 0.25) is 0 Å². The van der Waals surface area contributed by atoms with E-state index in [9.17, 15) is 0 Å². The number of hydrogen-bond donors (Lipinski definition) is 0. The molecule has 7 aromatic heterocycles. The molecule has 1 aromatic carbocycles. The van der Waals surface area contributed by atoms with E-state index in [4.69, 9.17) is 20.0 Å². The Bertz CT molecular complexity index is 2230. The molecular weight excluding hydrogens is 469 g/mol. The average Bonchev–Trinajstić information content (AvgIpc) is 3.57. The van der Waals surface area contributed by atoms with Crippen LogP contribution in [-0.4, -0.2) is 32.9 Å². The van der Waals surface area contributed by atoms with Gasteiger partial charge in [0.1, 0.15) is 20.8 Å². The minimum atomic E-state index is 0.953. The molecule has 0 amide bonds. The standard InChI is InChI=1S/C24H16N6S3/c1-9-7-13-24(32-9)28-22-18-15-11(19(25-3)29(13)22)5-6-12-16(15)17(33-18)21(26-4)30-14-8-10(2)31-23(14)27-20(12)30/h5-8H,1-4H3/b25-19-,26-21-. The van der Waals surface area contributed by atoms with Gasteiger partial charge in [-0.1, -0.05) is 0 Å². The molecule has 0 saturated carbocycles. The molecule has 9 heteroatoms. The Morgan fingerprint density at radius 3 is 1.94 bits per heavy atom. The van der Waals surface area contributed by atoms with E-state index in [1.807, 2.05) is 14.1 Å². The molecule has 160 valence electrons. The van der Waals surface area contributed by atoms with Crippen LogP contribution in [-0.2, 0) is 0 Å². The van der Waals surface area contributed by atoms with Gasteiger partial charge in [0.25, 0.3) is 0 Å². The van der Waals surface area contributed by atoms with E-state index in [0.717, 1.165) is 53.7 Å². The van der Waals surface area contributed by atoms with Crippen molar-refractivity contribution in [2.45, 2.75) is 13.8 Å². The molecule has 0 saturated heterocycles. The van der Waals surface area contributed by atoms with E-state index in [2.05, 4.69) is 46.9 Å². The molecule has 8 rings (SSSR count). The van der Waals surface area contributed by atoms with Crippen molar-refractivity contribution < 1.29 is 0 Å². The fourth-order valence-electron chi connectivity index (χ4n) is 5.35. The number of nitrogens with zero attached hydrogens (tertiary/aromatic N) is 6. The maximum Gasteiger partial charge on any atom is 0.158 e. The number of thiophene rings is 3. The van der Waals surface area contributed by atoms with E-state index in [0.29, 0.717) is 0 Å². The van der Waals surface area contributed by atoms with Crippen LogP contribution in [0.25, 0.3) is 62.9 Å². The van der Waals surface area contributed by atoms with Gasteiger partial charge in [-0.2, -0.15) is 0 Å². The zero-order chi connectivity index (χ0) is 22.2. The number of rotatable bonds is 0. The molecule has 33 heavy (non-hydrogen) atoms. The number of aryl methyl sites for hydroxylation is 2. The molecule has 0 N–H and O–H groups in total. The molecule has 0 bridgehead atoms. The minimum Gasteiger partial charge on any atom is -0.274 e. The first kappa shape index (κ1) is 18.3. The summed E-state index contributed by atoms with van der Waals surface area (Å²) < 4.78 is 6.84. The summed E-state index contributed by atoms with van der Waals surface area (Å²) in [6, 6.07) is 8.85. The summed E-state index contributed by atoms with van der Waals surface area (Å²) in [5.74, 6) is 0. The highest BCUT2D eigenvalue weighted by Gasteiger charge is 2.24. The van der Waals surface area contributed by atoms with Crippen molar-refractivity contribution in [2.24, 2.45) is 9.98 Å². The minimum absolute atomic E-state index is 0.953. The Morgan fingerprint density at radius 1 is 0.697 bits per heavy atom. The quantitative estimate of drug-likeness (QED) is 0.267. The molecule has 0 unspecified atom stereocenters. The molecular formula is C24H16N6S3. The smallest absolute Gasteiger partial charge is 0.158 e. The highest BCUT2D eigenvalue weighted by molar-refractivity contribution is 7.27. The lowest BCUT2D eigenvalue weighted by Crippen LogP contribution is -2.15. The second kappa shape index (κ2) is 5.85. The Hall–Kier alpha value is -3.14. The lowest BCUT2D eigenvalue weighted by atomic mass is 10.0. The summed E-state index contributed by atoms with van der Waals surface area (Å²) >= 11 is 5.26. The van der Waals surface area contributed by atoms with Gasteiger partial charge >= 0.3 is 0 Å². The number of hydrogen-bond acceptors (Lipinski definition) is 7. The fraction of sp³-hybridized carbons (Fsp3) is 0.167. The summed E-state index contributed by atoms with van der Waals surface area (Å²) in [6.07, 6.45) is 0. The maximum atomic E-state index is 5.09. The Labute approximate surface area is 198 Å². The molecule has 0 aliphatic carbocycles. The van der Waals surface area contributed by atoms with Gasteiger partial charge in [-0.15, -0.1) is 34.0 Å². The van der Waals surface area contributed by atoms with Crippen molar-refractivity contribution >= 4 is 96.9 Å². The monoisotopic (exact) mass is 484 g/mol. The van der Waals surface area contributed by atoms with E-state index in [1.165, 1.54) is 29.9 Å². The molecule has 0 spiro atoms. The molecule has 0 aliphatic heterocycles. The number of aromatic nitrogens is 4. The maximum absolute atomic E-state index is 5.09. The molecule has 0 fully saturated rings. The van der Waals surface area contributed by atoms with Crippen LogP contribution in [0.4, 0.5) is 0 Å². The summed E-state index contributed by atoms with van der Waals surface area (Å²) in [4.78, 5) is 24.3. The average molecular weight is 485 g/mol. The van der Waals surface area contributed by atoms with Gasteiger partial charge < -0.3 is 0 Å². The SMILES string of the molecule is C/N=c1/c2sc3c4c(ccc(c24)c2nc4sc(C)cc4n12)/c(=N/C)n1c2cc(C)sc2nc31. The van der Waals surface area contributed by atoms with E-state index in [-0.39, 0.29) is 0 Å². The fourth-order valence-corrected chi connectivity index (χ4v) is 8.41. The van der Waals surface area contributed by atoms with Crippen LogP contribution in [0.5, 0.6) is 0 Å². The second-order valence-corrected chi connectivity index (χ2v) is 11.9. The predicted octanol–water partition coefficient (Wildman–Crippen LogP) is 5.49. The van der Waals surface area contributed by atoms with E-state index in [1.54, 1.807) is 34.0 Å². The number of imidazole rings is 2. The van der Waals surface area contributed by atoms with Gasteiger partial charge in [-0.3, -0.25) is 18.8 Å². The second-order valence-electron chi connectivity index (χ2n) is 8.40. The Kier molecular flexibility index (Phi) is 3.25. The summed E-state index contributed by atoms with van der Waals surface area (Å²) in [5, 5.41) is 4.76. The summed E-state index contributed by atoms with van der Waals surface area (Å²) in [6.45, 7) is 4.27. The summed E-state index contributed by atoms with van der Waals surface area (Å²) in [7, 11) is 3.75. The molecule has 7 heterocycles. The van der Waals surface area contributed by atoms with Crippen LogP contribution in [0.1, 0.15) is 9.75 Å². The van der Waals surface area contributed by atoms with Gasteiger partial charge in [0, 0.05) is 45.4 Å². The van der Waals surface area contributed by atoms with Crippen LogP contribution in [0.2, 0.25) is 0 Å². The number of pyridine rings is 2.